The molecule has 1 aliphatic heterocycles. The van der Waals surface area contributed by atoms with Gasteiger partial charge in [0.25, 0.3) is 0 Å². The molecule has 0 spiro atoms. The molecule has 110 valence electrons. The monoisotopic (exact) mass is 294 g/mol. The summed E-state index contributed by atoms with van der Waals surface area (Å²) in [6, 6.07) is 8.01. The largest absolute Gasteiger partial charge is 0.494 e. The summed E-state index contributed by atoms with van der Waals surface area (Å²) in [7, 11) is 0. The van der Waals surface area contributed by atoms with Crippen LogP contribution in [0.2, 0.25) is 0 Å². The molecule has 2 N–H and O–H groups in total. The van der Waals surface area contributed by atoms with Gasteiger partial charge in [0.15, 0.2) is 0 Å². The number of ether oxygens (including phenoxy) is 2. The van der Waals surface area contributed by atoms with E-state index in [0.29, 0.717) is 4.99 Å². The molecule has 0 bridgehead atoms. The molecular formula is C15H22N2O2S. The van der Waals surface area contributed by atoms with Crippen LogP contribution in [-0.4, -0.2) is 42.8 Å². The highest BCUT2D eigenvalue weighted by Crippen LogP contribution is 2.25. The summed E-state index contributed by atoms with van der Waals surface area (Å²) in [5, 5.41) is 0. The molecule has 1 heterocycles. The van der Waals surface area contributed by atoms with Gasteiger partial charge in [-0.3, -0.25) is 4.90 Å². The third-order valence-corrected chi connectivity index (χ3v) is 3.55. The van der Waals surface area contributed by atoms with Gasteiger partial charge < -0.3 is 15.2 Å². The lowest BCUT2D eigenvalue weighted by molar-refractivity contribution is 0.0288. The van der Waals surface area contributed by atoms with Crippen LogP contribution in [-0.2, 0) is 4.74 Å². The second kappa shape index (κ2) is 7.57. The highest BCUT2D eigenvalue weighted by Gasteiger charge is 2.25. The average Bonchev–Trinajstić information content (AvgIpc) is 2.46. The summed E-state index contributed by atoms with van der Waals surface area (Å²) in [6.45, 7) is 5.97. The van der Waals surface area contributed by atoms with Crippen LogP contribution in [0.5, 0.6) is 5.75 Å². The minimum Gasteiger partial charge on any atom is -0.494 e. The van der Waals surface area contributed by atoms with E-state index < -0.39 is 0 Å². The summed E-state index contributed by atoms with van der Waals surface area (Å²) in [5.74, 6) is 0.874. The molecule has 0 saturated carbocycles. The molecule has 0 aliphatic carbocycles. The highest BCUT2D eigenvalue weighted by atomic mass is 32.1. The van der Waals surface area contributed by atoms with E-state index in [4.69, 9.17) is 27.4 Å². The van der Waals surface area contributed by atoms with Crippen LogP contribution in [0.4, 0.5) is 0 Å². The van der Waals surface area contributed by atoms with E-state index in [0.717, 1.165) is 50.6 Å². The Kier molecular flexibility index (Phi) is 5.76. The molecule has 2 rings (SSSR count). The Balaban J connectivity index is 2.17. The first kappa shape index (κ1) is 15.2. The fraction of sp³-hybridized carbons (Fsp3) is 0.533. The Bertz CT molecular complexity index is 447. The fourth-order valence-electron chi connectivity index (χ4n) is 2.39. The third kappa shape index (κ3) is 3.91. The molecule has 0 aromatic heterocycles. The van der Waals surface area contributed by atoms with E-state index >= 15 is 0 Å². The lowest BCUT2D eigenvalue weighted by Gasteiger charge is -2.34. The molecule has 20 heavy (non-hydrogen) atoms. The molecule has 1 unspecified atom stereocenters. The number of hydrogen-bond donors (Lipinski definition) is 1. The molecule has 0 amide bonds. The fourth-order valence-corrected chi connectivity index (χ4v) is 2.67. The van der Waals surface area contributed by atoms with Gasteiger partial charge in [-0.05, 0) is 24.1 Å². The molecular weight excluding hydrogens is 272 g/mol. The maximum absolute atomic E-state index is 5.96. The Morgan fingerprint density at radius 1 is 1.45 bits per heavy atom. The van der Waals surface area contributed by atoms with Gasteiger partial charge in [-0.1, -0.05) is 31.3 Å². The number of hydrogen-bond acceptors (Lipinski definition) is 4. The van der Waals surface area contributed by atoms with E-state index in [-0.39, 0.29) is 6.04 Å². The van der Waals surface area contributed by atoms with Gasteiger partial charge in [0.05, 0.1) is 30.9 Å². The Morgan fingerprint density at radius 2 is 2.20 bits per heavy atom. The predicted molar refractivity (Wildman–Crippen MR) is 84.1 cm³/mol. The van der Waals surface area contributed by atoms with Crippen molar-refractivity contribution in [3.63, 3.8) is 0 Å². The standard InChI is InChI=1S/C15H22N2O2S/c1-2-8-19-13-5-3-4-12(11-13)14(15(16)20)17-6-9-18-10-7-17/h3-5,11,14H,2,6-10H2,1H3,(H2,16,20). The highest BCUT2D eigenvalue weighted by molar-refractivity contribution is 7.80. The van der Waals surface area contributed by atoms with E-state index in [1.165, 1.54) is 0 Å². The molecule has 0 radical (unpaired) electrons. The van der Waals surface area contributed by atoms with Crippen LogP contribution in [0, 0.1) is 0 Å². The van der Waals surface area contributed by atoms with Gasteiger partial charge in [-0.2, -0.15) is 0 Å². The quantitative estimate of drug-likeness (QED) is 0.815. The van der Waals surface area contributed by atoms with Crippen LogP contribution >= 0.6 is 12.2 Å². The van der Waals surface area contributed by atoms with Gasteiger partial charge in [0.1, 0.15) is 5.75 Å². The van der Waals surface area contributed by atoms with Gasteiger partial charge in [0, 0.05) is 13.1 Å². The van der Waals surface area contributed by atoms with Crippen molar-refractivity contribution in [1.82, 2.24) is 4.90 Å². The number of morpholine rings is 1. The lowest BCUT2D eigenvalue weighted by atomic mass is 10.0. The Morgan fingerprint density at radius 3 is 2.85 bits per heavy atom. The molecule has 1 aliphatic rings. The van der Waals surface area contributed by atoms with Gasteiger partial charge in [-0.15, -0.1) is 0 Å². The molecule has 1 aromatic carbocycles. The van der Waals surface area contributed by atoms with Gasteiger partial charge in [0.2, 0.25) is 0 Å². The first-order valence-corrected chi connectivity index (χ1v) is 7.47. The smallest absolute Gasteiger partial charge is 0.119 e. The summed E-state index contributed by atoms with van der Waals surface area (Å²) >= 11 is 5.27. The van der Waals surface area contributed by atoms with Crippen molar-refractivity contribution in [2.75, 3.05) is 32.9 Å². The zero-order valence-corrected chi connectivity index (χ0v) is 12.7. The minimum absolute atomic E-state index is 0.0425. The molecule has 1 fully saturated rings. The number of nitrogens with two attached hydrogens (primary N) is 1. The van der Waals surface area contributed by atoms with Crippen molar-refractivity contribution in [1.29, 1.82) is 0 Å². The van der Waals surface area contributed by atoms with Gasteiger partial charge >= 0.3 is 0 Å². The number of nitrogens with zero attached hydrogens (tertiary/aromatic N) is 1. The summed E-state index contributed by atoms with van der Waals surface area (Å²) in [4.78, 5) is 2.77. The zero-order valence-electron chi connectivity index (χ0n) is 11.9. The zero-order chi connectivity index (χ0) is 14.4. The van der Waals surface area contributed by atoms with E-state index in [2.05, 4.69) is 17.9 Å². The third-order valence-electron chi connectivity index (χ3n) is 3.33. The van der Waals surface area contributed by atoms with Crippen molar-refractivity contribution in [2.24, 2.45) is 5.73 Å². The normalized spacial score (nSPS) is 17.6. The molecule has 1 saturated heterocycles. The molecule has 1 atom stereocenters. The van der Waals surface area contributed by atoms with Crippen LogP contribution in [0.1, 0.15) is 24.9 Å². The Hall–Kier alpha value is -1.17. The SMILES string of the molecule is CCCOc1cccc(C(C(N)=S)N2CCOCC2)c1. The topological polar surface area (TPSA) is 47.7 Å². The van der Waals surface area contributed by atoms with Crippen molar-refractivity contribution in [2.45, 2.75) is 19.4 Å². The van der Waals surface area contributed by atoms with Crippen molar-refractivity contribution in [3.8, 4) is 5.75 Å². The van der Waals surface area contributed by atoms with Gasteiger partial charge in [-0.25, -0.2) is 0 Å². The molecule has 5 heteroatoms. The lowest BCUT2D eigenvalue weighted by Crippen LogP contribution is -2.43. The second-order valence-electron chi connectivity index (χ2n) is 4.87. The number of thiocarbonyl (C=S) groups is 1. The van der Waals surface area contributed by atoms with E-state index in [1.807, 2.05) is 18.2 Å². The number of benzene rings is 1. The van der Waals surface area contributed by atoms with E-state index in [1.54, 1.807) is 0 Å². The summed E-state index contributed by atoms with van der Waals surface area (Å²) in [6.07, 6.45) is 0.992. The van der Waals surface area contributed by atoms with Crippen LogP contribution in [0.15, 0.2) is 24.3 Å². The maximum Gasteiger partial charge on any atom is 0.119 e. The average molecular weight is 294 g/mol. The number of rotatable bonds is 6. The minimum atomic E-state index is -0.0425. The van der Waals surface area contributed by atoms with Crippen LogP contribution in [0.25, 0.3) is 0 Å². The maximum atomic E-state index is 5.96. The first-order valence-electron chi connectivity index (χ1n) is 7.06. The molecule has 1 aromatic rings. The first-order chi connectivity index (χ1) is 9.72. The Labute approximate surface area is 125 Å². The van der Waals surface area contributed by atoms with Crippen molar-refractivity contribution in [3.05, 3.63) is 29.8 Å². The summed E-state index contributed by atoms with van der Waals surface area (Å²) < 4.78 is 11.1. The molecule has 4 nitrogen and oxygen atoms in total. The van der Waals surface area contributed by atoms with Crippen molar-refractivity contribution < 1.29 is 9.47 Å². The van der Waals surface area contributed by atoms with Crippen molar-refractivity contribution >= 4 is 17.2 Å². The predicted octanol–water partition coefficient (Wildman–Crippen LogP) is 2.13. The summed E-state index contributed by atoms with van der Waals surface area (Å²) in [5.41, 5.74) is 7.05. The van der Waals surface area contributed by atoms with Crippen LogP contribution in [0.3, 0.4) is 0 Å². The second-order valence-corrected chi connectivity index (χ2v) is 5.35. The van der Waals surface area contributed by atoms with E-state index in [9.17, 15) is 0 Å². The van der Waals surface area contributed by atoms with Crippen LogP contribution < -0.4 is 10.5 Å².